The number of amides is 1. The van der Waals surface area contributed by atoms with Gasteiger partial charge in [0.15, 0.2) is 5.65 Å². The fraction of sp³-hybridized carbons (Fsp3) is 0.294. The number of imidazole rings is 1. The van der Waals surface area contributed by atoms with E-state index in [-0.39, 0.29) is 11.2 Å². The first-order valence-corrected chi connectivity index (χ1v) is 8.86. The van der Waals surface area contributed by atoms with Crippen molar-refractivity contribution in [3.63, 3.8) is 0 Å². The summed E-state index contributed by atoms with van der Waals surface area (Å²) < 4.78 is 0. The highest BCUT2D eigenvalue weighted by Crippen LogP contribution is 2.33. The van der Waals surface area contributed by atoms with Crippen molar-refractivity contribution in [2.45, 2.75) is 30.0 Å². The number of nitrogens with one attached hydrogen (secondary N) is 1. The maximum Gasteiger partial charge on any atom is 0.240 e. The lowest BCUT2D eigenvalue weighted by molar-refractivity contribution is -0.118. The highest BCUT2D eigenvalue weighted by Gasteiger charge is 2.30. The van der Waals surface area contributed by atoms with Crippen LogP contribution in [0.4, 0.5) is 5.69 Å². The van der Waals surface area contributed by atoms with E-state index in [1.807, 2.05) is 30.0 Å². The van der Waals surface area contributed by atoms with E-state index >= 15 is 0 Å². The fourth-order valence-electron chi connectivity index (χ4n) is 3.02. The van der Waals surface area contributed by atoms with Gasteiger partial charge in [0.1, 0.15) is 16.9 Å². The number of fused-ring (bicyclic) bond motifs is 2. The summed E-state index contributed by atoms with van der Waals surface area (Å²) in [7, 11) is 0. The van der Waals surface area contributed by atoms with Crippen LogP contribution in [0.1, 0.15) is 18.9 Å². The zero-order valence-electron chi connectivity index (χ0n) is 13.3. The van der Waals surface area contributed by atoms with E-state index in [0.29, 0.717) is 5.65 Å². The van der Waals surface area contributed by atoms with Crippen LogP contribution in [0.5, 0.6) is 0 Å². The minimum Gasteiger partial charge on any atom is -0.341 e. The third-order valence-corrected chi connectivity index (χ3v) is 5.59. The second-order valence-corrected chi connectivity index (χ2v) is 6.85. The van der Waals surface area contributed by atoms with Gasteiger partial charge in [0.05, 0.1) is 11.6 Å². The fourth-order valence-corrected chi connectivity index (χ4v) is 4.06. The molecule has 0 bridgehead atoms. The summed E-state index contributed by atoms with van der Waals surface area (Å²) in [6, 6.07) is 8.12. The van der Waals surface area contributed by atoms with Crippen LogP contribution in [0.25, 0.3) is 11.2 Å². The van der Waals surface area contributed by atoms with E-state index in [2.05, 4.69) is 26.0 Å². The Kier molecular flexibility index (Phi) is 3.93. The number of para-hydroxylation sites is 1. The molecule has 0 radical (unpaired) electrons. The molecular formula is C17H17N5OS. The Morgan fingerprint density at radius 3 is 3.08 bits per heavy atom. The first-order chi connectivity index (χ1) is 11.8. The van der Waals surface area contributed by atoms with Crippen LogP contribution >= 0.6 is 11.8 Å². The van der Waals surface area contributed by atoms with Crippen molar-refractivity contribution in [2.75, 3.05) is 11.4 Å². The summed E-state index contributed by atoms with van der Waals surface area (Å²) in [5, 5.41) is 0.586. The van der Waals surface area contributed by atoms with Crippen LogP contribution in [0.15, 0.2) is 41.9 Å². The summed E-state index contributed by atoms with van der Waals surface area (Å²) >= 11 is 1.48. The molecule has 1 aliphatic rings. The molecule has 0 spiro atoms. The van der Waals surface area contributed by atoms with Gasteiger partial charge in [-0.1, -0.05) is 36.9 Å². The minimum absolute atomic E-state index is 0.138. The number of rotatable bonds is 4. The lowest BCUT2D eigenvalue weighted by Crippen LogP contribution is -2.36. The van der Waals surface area contributed by atoms with E-state index in [4.69, 9.17) is 0 Å². The van der Waals surface area contributed by atoms with Gasteiger partial charge in [-0.15, -0.1) is 0 Å². The number of H-pyrrole nitrogens is 1. The third-order valence-electron chi connectivity index (χ3n) is 4.24. The normalized spacial score (nSPS) is 14.8. The van der Waals surface area contributed by atoms with Crippen molar-refractivity contribution < 1.29 is 4.79 Å². The number of hydrogen-bond acceptors (Lipinski definition) is 5. The minimum atomic E-state index is -0.183. The molecule has 6 nitrogen and oxygen atoms in total. The summed E-state index contributed by atoms with van der Waals surface area (Å²) in [5.41, 5.74) is 3.69. The van der Waals surface area contributed by atoms with Gasteiger partial charge in [-0.2, -0.15) is 0 Å². The van der Waals surface area contributed by atoms with Gasteiger partial charge < -0.3 is 9.88 Å². The molecule has 122 valence electrons. The van der Waals surface area contributed by atoms with Crippen LogP contribution in [-0.4, -0.2) is 37.6 Å². The molecule has 24 heavy (non-hydrogen) atoms. The smallest absolute Gasteiger partial charge is 0.240 e. The van der Waals surface area contributed by atoms with Gasteiger partial charge in [-0.25, -0.2) is 15.0 Å². The number of thioether (sulfide) groups is 1. The van der Waals surface area contributed by atoms with Crippen LogP contribution in [0, 0.1) is 0 Å². The second kappa shape index (κ2) is 6.24. The molecule has 7 heteroatoms. The van der Waals surface area contributed by atoms with Crippen molar-refractivity contribution in [1.82, 2.24) is 19.9 Å². The lowest BCUT2D eigenvalue weighted by atomic mass is 10.2. The molecule has 1 amide bonds. The van der Waals surface area contributed by atoms with Gasteiger partial charge in [-0.05, 0) is 24.5 Å². The molecule has 1 aliphatic heterocycles. The second-order valence-electron chi connectivity index (χ2n) is 5.66. The monoisotopic (exact) mass is 339 g/mol. The Hall–Kier alpha value is -2.41. The average molecular weight is 339 g/mol. The van der Waals surface area contributed by atoms with Crippen molar-refractivity contribution in [3.8, 4) is 0 Å². The maximum atomic E-state index is 13.1. The first-order valence-electron chi connectivity index (χ1n) is 7.98. The Balaban J connectivity index is 1.60. The van der Waals surface area contributed by atoms with Gasteiger partial charge >= 0.3 is 0 Å². The van der Waals surface area contributed by atoms with E-state index in [1.54, 1.807) is 6.33 Å². The Morgan fingerprint density at radius 1 is 1.33 bits per heavy atom. The van der Waals surface area contributed by atoms with Gasteiger partial charge in [-0.3, -0.25) is 4.79 Å². The Labute approximate surface area is 143 Å². The largest absolute Gasteiger partial charge is 0.341 e. The van der Waals surface area contributed by atoms with Gasteiger partial charge in [0.25, 0.3) is 0 Å². The molecule has 1 aromatic carbocycles. The molecule has 1 atom stereocenters. The van der Waals surface area contributed by atoms with Crippen molar-refractivity contribution in [2.24, 2.45) is 0 Å². The van der Waals surface area contributed by atoms with E-state index < -0.39 is 0 Å². The lowest BCUT2D eigenvalue weighted by Gasteiger charge is -2.22. The van der Waals surface area contributed by atoms with E-state index in [9.17, 15) is 4.79 Å². The molecule has 0 saturated heterocycles. The van der Waals surface area contributed by atoms with Crippen LogP contribution in [0.2, 0.25) is 0 Å². The highest BCUT2D eigenvalue weighted by atomic mass is 32.2. The molecule has 1 N–H and O–H groups in total. The van der Waals surface area contributed by atoms with Crippen LogP contribution < -0.4 is 4.90 Å². The number of nitrogens with zero attached hydrogens (tertiary/aromatic N) is 4. The number of aromatic nitrogens is 4. The number of hydrogen-bond donors (Lipinski definition) is 1. The molecule has 4 rings (SSSR count). The molecule has 0 fully saturated rings. The Bertz CT molecular complexity index is 893. The Morgan fingerprint density at radius 2 is 2.21 bits per heavy atom. The molecule has 3 heterocycles. The topological polar surface area (TPSA) is 74.8 Å². The maximum absolute atomic E-state index is 13.1. The summed E-state index contributed by atoms with van der Waals surface area (Å²) in [6.45, 7) is 2.78. The zero-order valence-corrected chi connectivity index (χ0v) is 14.1. The van der Waals surface area contributed by atoms with E-state index in [1.165, 1.54) is 23.7 Å². The van der Waals surface area contributed by atoms with Crippen LogP contribution in [-0.2, 0) is 11.2 Å². The number of aromatic amines is 1. The SMILES string of the molecule is CC[C@H](Sc1ncnc2nc[nH]c12)C(=O)N1CCc2ccccc21. The number of anilines is 1. The average Bonchev–Trinajstić information content (AvgIpc) is 3.26. The summed E-state index contributed by atoms with van der Waals surface area (Å²) in [4.78, 5) is 30.6. The molecule has 0 aliphatic carbocycles. The van der Waals surface area contributed by atoms with E-state index in [0.717, 1.165) is 35.6 Å². The van der Waals surface area contributed by atoms with Gasteiger partial charge in [0.2, 0.25) is 5.91 Å². The molecule has 2 aromatic heterocycles. The zero-order chi connectivity index (χ0) is 16.5. The first kappa shape index (κ1) is 15.1. The molecule has 3 aromatic rings. The predicted molar refractivity (Wildman–Crippen MR) is 94.1 cm³/mol. The van der Waals surface area contributed by atoms with Gasteiger partial charge in [0, 0.05) is 12.2 Å². The molecule has 0 unspecified atom stereocenters. The highest BCUT2D eigenvalue weighted by molar-refractivity contribution is 8.00. The summed E-state index contributed by atoms with van der Waals surface area (Å²) in [6.07, 6.45) is 4.75. The predicted octanol–water partition coefficient (Wildman–Crippen LogP) is 2.81. The molecular weight excluding hydrogens is 322 g/mol. The van der Waals surface area contributed by atoms with Crippen molar-refractivity contribution >= 4 is 34.5 Å². The van der Waals surface area contributed by atoms with Crippen molar-refractivity contribution in [1.29, 1.82) is 0 Å². The summed E-state index contributed by atoms with van der Waals surface area (Å²) in [5.74, 6) is 0.138. The number of carbonyl (C=O) groups is 1. The quantitative estimate of drug-likeness (QED) is 0.584. The number of benzene rings is 1. The number of carbonyl (C=O) groups excluding carboxylic acids is 1. The standard InChI is InChI=1S/C17H17N5OS/c1-2-13(24-16-14-15(19-9-18-14)20-10-21-16)17(23)22-8-7-11-5-3-4-6-12(11)22/h3-6,9-10,13H,2,7-8H2,1H3,(H,18,19,20,21)/t13-/m0/s1. The van der Waals surface area contributed by atoms with Crippen molar-refractivity contribution in [3.05, 3.63) is 42.5 Å². The molecule has 0 saturated carbocycles. The van der Waals surface area contributed by atoms with Crippen LogP contribution in [0.3, 0.4) is 0 Å². The third kappa shape index (κ3) is 2.54.